The van der Waals surface area contributed by atoms with Crippen molar-refractivity contribution in [1.82, 2.24) is 5.32 Å². The fourth-order valence-electron chi connectivity index (χ4n) is 3.40. The minimum Gasteiger partial charge on any atom is -0.364 e. The third-order valence-electron chi connectivity index (χ3n) is 4.96. The summed E-state index contributed by atoms with van der Waals surface area (Å²) in [4.78, 5) is 12.2. The minimum atomic E-state index is -0.313. The summed E-state index contributed by atoms with van der Waals surface area (Å²) in [5.41, 5.74) is 7.05. The van der Waals surface area contributed by atoms with Gasteiger partial charge in [0.1, 0.15) is 6.10 Å². The zero-order valence-corrected chi connectivity index (χ0v) is 12.4. The lowest BCUT2D eigenvalue weighted by molar-refractivity contribution is -0.132. The van der Waals surface area contributed by atoms with Crippen molar-refractivity contribution in [2.24, 2.45) is 5.73 Å². The Labute approximate surface area is 126 Å². The number of carbonyl (C=O) groups is 1. The van der Waals surface area contributed by atoms with E-state index in [1.807, 2.05) is 6.07 Å². The maximum Gasteiger partial charge on any atom is 0.249 e. The average molecular weight is 288 g/mol. The molecule has 2 fully saturated rings. The van der Waals surface area contributed by atoms with Crippen molar-refractivity contribution >= 4 is 5.91 Å². The van der Waals surface area contributed by atoms with Gasteiger partial charge in [0.15, 0.2) is 0 Å². The SMILES string of the molecule is NC[C@H]1CC[C@@H](C(=O)NCC2(c3ccccc3)CCC2)O1. The van der Waals surface area contributed by atoms with Gasteiger partial charge in [-0.1, -0.05) is 36.8 Å². The van der Waals surface area contributed by atoms with Crippen molar-refractivity contribution < 1.29 is 9.53 Å². The number of hydrogen-bond acceptors (Lipinski definition) is 3. The Bertz CT molecular complexity index is 485. The molecule has 3 N–H and O–H groups in total. The van der Waals surface area contributed by atoms with Crippen LogP contribution in [0.25, 0.3) is 0 Å². The molecule has 3 rings (SSSR count). The lowest BCUT2D eigenvalue weighted by Gasteiger charge is -2.42. The molecule has 0 bridgehead atoms. The van der Waals surface area contributed by atoms with E-state index in [1.165, 1.54) is 12.0 Å². The molecule has 0 aromatic heterocycles. The summed E-state index contributed by atoms with van der Waals surface area (Å²) in [6.45, 7) is 1.21. The van der Waals surface area contributed by atoms with Gasteiger partial charge in [-0.2, -0.15) is 0 Å². The first-order valence-electron chi connectivity index (χ1n) is 7.92. The number of carbonyl (C=O) groups excluding carboxylic acids is 1. The van der Waals surface area contributed by atoms with Crippen molar-refractivity contribution in [3.05, 3.63) is 35.9 Å². The molecule has 4 nitrogen and oxygen atoms in total. The molecule has 1 aromatic rings. The normalized spacial score (nSPS) is 27.1. The van der Waals surface area contributed by atoms with Gasteiger partial charge in [-0.25, -0.2) is 0 Å². The summed E-state index contributed by atoms with van der Waals surface area (Å²) in [6, 6.07) is 10.5. The van der Waals surface area contributed by atoms with Crippen molar-refractivity contribution in [3.63, 3.8) is 0 Å². The van der Waals surface area contributed by atoms with Crippen molar-refractivity contribution in [3.8, 4) is 0 Å². The summed E-state index contributed by atoms with van der Waals surface area (Å²) in [5.74, 6) is 0.0214. The van der Waals surface area contributed by atoms with Gasteiger partial charge in [-0.15, -0.1) is 0 Å². The smallest absolute Gasteiger partial charge is 0.249 e. The van der Waals surface area contributed by atoms with Crippen LogP contribution in [0.4, 0.5) is 0 Å². The van der Waals surface area contributed by atoms with Crippen LogP contribution in [0.2, 0.25) is 0 Å². The summed E-state index contributed by atoms with van der Waals surface area (Å²) >= 11 is 0. The fourth-order valence-corrected chi connectivity index (χ4v) is 3.40. The minimum absolute atomic E-state index is 0.0214. The molecule has 1 aliphatic carbocycles. The van der Waals surface area contributed by atoms with Crippen LogP contribution in [0.3, 0.4) is 0 Å². The fraction of sp³-hybridized carbons (Fsp3) is 0.588. The first kappa shape index (κ1) is 14.5. The Morgan fingerprint density at radius 3 is 2.62 bits per heavy atom. The first-order valence-corrected chi connectivity index (χ1v) is 7.92. The number of nitrogens with two attached hydrogens (primary N) is 1. The lowest BCUT2D eigenvalue weighted by Crippen LogP contribution is -2.48. The van der Waals surface area contributed by atoms with E-state index < -0.39 is 0 Å². The van der Waals surface area contributed by atoms with Crippen LogP contribution in [0, 0.1) is 0 Å². The molecule has 114 valence electrons. The highest BCUT2D eigenvalue weighted by Gasteiger charge is 2.39. The topological polar surface area (TPSA) is 64.4 Å². The highest BCUT2D eigenvalue weighted by atomic mass is 16.5. The quantitative estimate of drug-likeness (QED) is 0.867. The highest BCUT2D eigenvalue weighted by Crippen LogP contribution is 2.43. The van der Waals surface area contributed by atoms with E-state index in [0.717, 1.165) is 25.7 Å². The van der Waals surface area contributed by atoms with E-state index in [1.54, 1.807) is 0 Å². The molecule has 0 spiro atoms. The van der Waals surface area contributed by atoms with Crippen LogP contribution in [0.5, 0.6) is 0 Å². The van der Waals surface area contributed by atoms with Gasteiger partial charge in [0, 0.05) is 18.5 Å². The van der Waals surface area contributed by atoms with Gasteiger partial charge >= 0.3 is 0 Å². The molecule has 21 heavy (non-hydrogen) atoms. The summed E-state index contributed by atoms with van der Waals surface area (Å²) in [5, 5.41) is 3.11. The Kier molecular flexibility index (Phi) is 4.27. The highest BCUT2D eigenvalue weighted by molar-refractivity contribution is 5.81. The molecule has 1 aromatic carbocycles. The Balaban J connectivity index is 1.58. The number of nitrogens with one attached hydrogen (secondary N) is 1. The van der Waals surface area contributed by atoms with Crippen molar-refractivity contribution in [2.45, 2.75) is 49.7 Å². The second kappa shape index (κ2) is 6.16. The Morgan fingerprint density at radius 2 is 2.05 bits per heavy atom. The molecule has 1 heterocycles. The summed E-state index contributed by atoms with van der Waals surface area (Å²) in [7, 11) is 0. The molecule has 1 saturated heterocycles. The summed E-state index contributed by atoms with van der Waals surface area (Å²) < 4.78 is 5.66. The number of amides is 1. The van der Waals surface area contributed by atoms with E-state index in [2.05, 4.69) is 29.6 Å². The third kappa shape index (κ3) is 2.97. The molecule has 0 radical (unpaired) electrons. The molecule has 0 unspecified atom stereocenters. The second-order valence-electron chi connectivity index (χ2n) is 6.28. The van der Waals surface area contributed by atoms with E-state index in [0.29, 0.717) is 13.1 Å². The Morgan fingerprint density at radius 1 is 1.29 bits per heavy atom. The standard InChI is InChI=1S/C17H24N2O2/c18-11-14-7-8-15(21-14)16(20)19-12-17(9-4-10-17)13-5-2-1-3-6-13/h1-3,5-6,14-15H,4,7-12,18H2,(H,19,20)/t14-,15+/m1/s1. The predicted molar refractivity (Wildman–Crippen MR) is 81.9 cm³/mol. The number of rotatable bonds is 5. The van der Waals surface area contributed by atoms with E-state index in [4.69, 9.17) is 10.5 Å². The second-order valence-corrected chi connectivity index (χ2v) is 6.28. The molecule has 2 aliphatic rings. The van der Waals surface area contributed by atoms with E-state index in [9.17, 15) is 4.79 Å². The largest absolute Gasteiger partial charge is 0.364 e. The van der Waals surface area contributed by atoms with Gasteiger partial charge in [-0.3, -0.25) is 4.79 Å². The van der Waals surface area contributed by atoms with Crippen LogP contribution in [-0.2, 0) is 14.9 Å². The summed E-state index contributed by atoms with van der Waals surface area (Å²) in [6.07, 6.45) is 4.94. The molecular formula is C17H24N2O2. The molecule has 4 heteroatoms. The first-order chi connectivity index (χ1) is 10.2. The van der Waals surface area contributed by atoms with Crippen LogP contribution < -0.4 is 11.1 Å². The van der Waals surface area contributed by atoms with Gasteiger partial charge in [0.05, 0.1) is 6.10 Å². The van der Waals surface area contributed by atoms with Gasteiger partial charge < -0.3 is 15.8 Å². The van der Waals surface area contributed by atoms with Crippen LogP contribution in [0.1, 0.15) is 37.7 Å². The maximum absolute atomic E-state index is 12.2. The molecular weight excluding hydrogens is 264 g/mol. The third-order valence-corrected chi connectivity index (χ3v) is 4.96. The van der Waals surface area contributed by atoms with Gasteiger partial charge in [0.2, 0.25) is 5.91 Å². The van der Waals surface area contributed by atoms with E-state index >= 15 is 0 Å². The Hall–Kier alpha value is -1.39. The molecule has 1 saturated carbocycles. The molecule has 1 amide bonds. The monoisotopic (exact) mass is 288 g/mol. The van der Waals surface area contributed by atoms with Gasteiger partial charge in [0.25, 0.3) is 0 Å². The van der Waals surface area contributed by atoms with Crippen LogP contribution in [-0.4, -0.2) is 31.2 Å². The van der Waals surface area contributed by atoms with Crippen LogP contribution >= 0.6 is 0 Å². The number of hydrogen-bond donors (Lipinski definition) is 2. The van der Waals surface area contributed by atoms with Crippen molar-refractivity contribution in [2.75, 3.05) is 13.1 Å². The average Bonchev–Trinajstić information content (AvgIpc) is 2.96. The maximum atomic E-state index is 12.2. The zero-order chi connectivity index (χ0) is 14.7. The van der Waals surface area contributed by atoms with Gasteiger partial charge in [-0.05, 0) is 31.2 Å². The number of benzene rings is 1. The van der Waals surface area contributed by atoms with Crippen molar-refractivity contribution in [1.29, 1.82) is 0 Å². The number of ether oxygens (including phenoxy) is 1. The lowest BCUT2D eigenvalue weighted by atomic mass is 9.64. The molecule has 2 atom stereocenters. The van der Waals surface area contributed by atoms with E-state index in [-0.39, 0.29) is 23.5 Å². The molecule has 1 aliphatic heterocycles. The zero-order valence-electron chi connectivity index (χ0n) is 12.4. The van der Waals surface area contributed by atoms with Crippen LogP contribution in [0.15, 0.2) is 30.3 Å². The predicted octanol–water partition coefficient (Wildman–Crippen LogP) is 1.73.